The summed E-state index contributed by atoms with van der Waals surface area (Å²) >= 11 is 0. The fourth-order valence-electron chi connectivity index (χ4n) is 2.40. The Morgan fingerprint density at radius 1 is 1.33 bits per heavy atom. The number of carbonyl (C=O) groups excluding carboxylic acids is 1. The van der Waals surface area contributed by atoms with Gasteiger partial charge in [-0.15, -0.1) is 0 Å². The van der Waals surface area contributed by atoms with Crippen LogP contribution in [-0.4, -0.2) is 39.5 Å². The molecule has 1 aromatic rings. The second kappa shape index (κ2) is 4.76. The maximum Gasteiger partial charge on any atom is 0.354 e. The molecule has 2 unspecified atom stereocenters. The fourth-order valence-corrected chi connectivity index (χ4v) is 2.40. The van der Waals surface area contributed by atoms with Gasteiger partial charge in [-0.1, -0.05) is 13.0 Å². The van der Waals surface area contributed by atoms with Crippen LogP contribution in [0, 0.1) is 5.92 Å². The third kappa shape index (κ3) is 2.34. The summed E-state index contributed by atoms with van der Waals surface area (Å²) in [4.78, 5) is 28.7. The molecular formula is C13H16N2O3. The van der Waals surface area contributed by atoms with Crippen molar-refractivity contribution in [3.63, 3.8) is 0 Å². The van der Waals surface area contributed by atoms with E-state index >= 15 is 0 Å². The first kappa shape index (κ1) is 12.5. The van der Waals surface area contributed by atoms with Crippen LogP contribution in [0.15, 0.2) is 18.2 Å². The summed E-state index contributed by atoms with van der Waals surface area (Å²) in [6.45, 7) is 4.81. The van der Waals surface area contributed by atoms with Gasteiger partial charge in [-0.05, 0) is 31.4 Å². The van der Waals surface area contributed by atoms with Gasteiger partial charge >= 0.3 is 5.97 Å². The highest BCUT2D eigenvalue weighted by atomic mass is 16.4. The van der Waals surface area contributed by atoms with Crippen molar-refractivity contribution in [1.29, 1.82) is 0 Å². The Labute approximate surface area is 105 Å². The molecule has 0 bridgehead atoms. The molecule has 1 saturated heterocycles. The highest BCUT2D eigenvalue weighted by Crippen LogP contribution is 2.23. The summed E-state index contributed by atoms with van der Waals surface area (Å²) in [7, 11) is 0. The van der Waals surface area contributed by atoms with Gasteiger partial charge in [-0.2, -0.15) is 0 Å². The Hall–Kier alpha value is -1.91. The first-order chi connectivity index (χ1) is 8.49. The molecule has 0 radical (unpaired) electrons. The zero-order valence-corrected chi connectivity index (χ0v) is 10.5. The van der Waals surface area contributed by atoms with E-state index in [2.05, 4.69) is 11.9 Å². The highest BCUT2D eigenvalue weighted by Gasteiger charge is 2.31. The van der Waals surface area contributed by atoms with Gasteiger partial charge in [-0.25, -0.2) is 9.78 Å². The smallest absolute Gasteiger partial charge is 0.354 e. The number of pyridine rings is 1. The van der Waals surface area contributed by atoms with Crippen molar-refractivity contribution in [3.8, 4) is 0 Å². The molecule has 1 fully saturated rings. The molecule has 1 aromatic heterocycles. The van der Waals surface area contributed by atoms with Crippen molar-refractivity contribution < 1.29 is 14.7 Å². The predicted octanol–water partition coefficient (Wildman–Crippen LogP) is 1.65. The number of aromatic nitrogens is 1. The van der Waals surface area contributed by atoms with Crippen LogP contribution in [0.4, 0.5) is 0 Å². The van der Waals surface area contributed by atoms with Crippen molar-refractivity contribution in [2.75, 3.05) is 6.54 Å². The zero-order valence-electron chi connectivity index (χ0n) is 10.5. The molecule has 1 aliphatic rings. The van der Waals surface area contributed by atoms with Crippen molar-refractivity contribution in [3.05, 3.63) is 29.6 Å². The van der Waals surface area contributed by atoms with Gasteiger partial charge in [0.05, 0.1) is 0 Å². The molecule has 1 amide bonds. The van der Waals surface area contributed by atoms with Crippen LogP contribution >= 0.6 is 0 Å². The van der Waals surface area contributed by atoms with Crippen LogP contribution < -0.4 is 0 Å². The standard InChI is InChI=1S/C13H16N2O3/c1-8-6-9(2)15(7-8)12(16)10-4-3-5-11(14-10)13(17)18/h3-5,8-9H,6-7H2,1-2H3,(H,17,18). The number of carboxylic acid groups (broad SMARTS) is 1. The molecule has 0 saturated carbocycles. The van der Waals surface area contributed by atoms with Gasteiger partial charge in [0.2, 0.25) is 0 Å². The number of rotatable bonds is 2. The SMILES string of the molecule is CC1CC(C)N(C(=O)c2cccc(C(=O)O)n2)C1. The van der Waals surface area contributed by atoms with E-state index < -0.39 is 5.97 Å². The van der Waals surface area contributed by atoms with E-state index in [9.17, 15) is 9.59 Å². The van der Waals surface area contributed by atoms with Crippen LogP contribution in [0.2, 0.25) is 0 Å². The molecule has 2 atom stereocenters. The number of carboxylic acids is 1. The molecule has 0 aromatic carbocycles. The van der Waals surface area contributed by atoms with Crippen molar-refractivity contribution >= 4 is 11.9 Å². The molecule has 2 rings (SSSR count). The molecular weight excluding hydrogens is 232 g/mol. The minimum atomic E-state index is -1.12. The number of nitrogens with zero attached hydrogens (tertiary/aromatic N) is 2. The Bertz CT molecular complexity index is 487. The summed E-state index contributed by atoms with van der Waals surface area (Å²) in [6, 6.07) is 4.68. The molecule has 5 heteroatoms. The first-order valence-corrected chi connectivity index (χ1v) is 6.00. The lowest BCUT2D eigenvalue weighted by Crippen LogP contribution is -2.34. The quantitative estimate of drug-likeness (QED) is 0.863. The van der Waals surface area contributed by atoms with Crippen LogP contribution in [-0.2, 0) is 0 Å². The van der Waals surface area contributed by atoms with E-state index in [1.54, 1.807) is 17.0 Å². The van der Waals surface area contributed by atoms with Gasteiger partial charge in [-0.3, -0.25) is 4.79 Å². The predicted molar refractivity (Wildman–Crippen MR) is 65.5 cm³/mol. The normalized spacial score (nSPS) is 23.1. The van der Waals surface area contributed by atoms with Crippen LogP contribution in [0.25, 0.3) is 0 Å². The van der Waals surface area contributed by atoms with Gasteiger partial charge < -0.3 is 10.0 Å². The second-order valence-electron chi connectivity index (χ2n) is 4.86. The lowest BCUT2D eigenvalue weighted by Gasteiger charge is -2.20. The number of amides is 1. The van der Waals surface area contributed by atoms with Crippen LogP contribution in [0.1, 0.15) is 41.2 Å². The average molecular weight is 248 g/mol. The number of aromatic carboxylic acids is 1. The number of hydrogen-bond acceptors (Lipinski definition) is 3. The summed E-state index contributed by atoms with van der Waals surface area (Å²) in [6.07, 6.45) is 0.977. The van der Waals surface area contributed by atoms with E-state index in [1.165, 1.54) is 6.07 Å². The van der Waals surface area contributed by atoms with Crippen molar-refractivity contribution in [2.45, 2.75) is 26.3 Å². The van der Waals surface area contributed by atoms with Crippen LogP contribution in [0.5, 0.6) is 0 Å². The van der Waals surface area contributed by atoms with E-state index in [1.807, 2.05) is 6.92 Å². The molecule has 0 spiro atoms. The maximum absolute atomic E-state index is 12.2. The number of likely N-dealkylation sites (tertiary alicyclic amines) is 1. The molecule has 1 N–H and O–H groups in total. The average Bonchev–Trinajstić information content (AvgIpc) is 2.67. The monoisotopic (exact) mass is 248 g/mol. The summed E-state index contributed by atoms with van der Waals surface area (Å²) in [5.41, 5.74) is 0.108. The van der Waals surface area contributed by atoms with E-state index in [4.69, 9.17) is 5.11 Å². The van der Waals surface area contributed by atoms with Crippen molar-refractivity contribution in [2.24, 2.45) is 5.92 Å². The van der Waals surface area contributed by atoms with Crippen molar-refractivity contribution in [1.82, 2.24) is 9.88 Å². The van der Waals surface area contributed by atoms with E-state index in [0.29, 0.717) is 12.5 Å². The Balaban J connectivity index is 2.23. The second-order valence-corrected chi connectivity index (χ2v) is 4.86. The van der Waals surface area contributed by atoms with Gasteiger partial charge in [0, 0.05) is 12.6 Å². The maximum atomic E-state index is 12.2. The lowest BCUT2D eigenvalue weighted by atomic mass is 10.1. The molecule has 96 valence electrons. The third-order valence-corrected chi connectivity index (χ3v) is 3.23. The third-order valence-electron chi connectivity index (χ3n) is 3.23. The molecule has 5 nitrogen and oxygen atoms in total. The van der Waals surface area contributed by atoms with Gasteiger partial charge in [0.25, 0.3) is 5.91 Å². The summed E-state index contributed by atoms with van der Waals surface area (Å²) in [5.74, 6) is -0.825. The van der Waals surface area contributed by atoms with Gasteiger partial charge in [0.15, 0.2) is 0 Å². The first-order valence-electron chi connectivity index (χ1n) is 6.00. The van der Waals surface area contributed by atoms with Gasteiger partial charge in [0.1, 0.15) is 11.4 Å². The Kier molecular flexibility index (Phi) is 3.32. The van der Waals surface area contributed by atoms with Crippen LogP contribution in [0.3, 0.4) is 0 Å². The Morgan fingerprint density at radius 2 is 2.00 bits per heavy atom. The zero-order chi connectivity index (χ0) is 13.3. The highest BCUT2D eigenvalue weighted by molar-refractivity contribution is 5.94. The topological polar surface area (TPSA) is 70.5 Å². The number of hydrogen-bond donors (Lipinski definition) is 1. The molecule has 18 heavy (non-hydrogen) atoms. The summed E-state index contributed by atoms with van der Waals surface area (Å²) in [5, 5.41) is 8.86. The lowest BCUT2D eigenvalue weighted by molar-refractivity contribution is 0.0689. The Morgan fingerprint density at radius 3 is 2.56 bits per heavy atom. The van der Waals surface area contributed by atoms with E-state index in [0.717, 1.165) is 6.42 Å². The minimum absolute atomic E-state index is 0.0965. The molecule has 1 aliphatic heterocycles. The summed E-state index contributed by atoms with van der Waals surface area (Å²) < 4.78 is 0. The molecule has 2 heterocycles. The molecule has 0 aliphatic carbocycles. The van der Waals surface area contributed by atoms with E-state index in [-0.39, 0.29) is 23.3 Å². The fraction of sp³-hybridized carbons (Fsp3) is 0.462. The number of carbonyl (C=O) groups is 2. The largest absolute Gasteiger partial charge is 0.477 e. The minimum Gasteiger partial charge on any atom is -0.477 e.